The molecule has 0 aliphatic carbocycles. The monoisotopic (exact) mass is 475 g/mol. The second-order valence-electron chi connectivity index (χ2n) is 6.52. The highest BCUT2D eigenvalue weighted by Crippen LogP contribution is 2.36. The van der Waals surface area contributed by atoms with Crippen LogP contribution in [0.5, 0.6) is 0 Å². The molecule has 31 heavy (non-hydrogen) atoms. The van der Waals surface area contributed by atoms with Crippen LogP contribution in [0.15, 0.2) is 58.3 Å². The van der Waals surface area contributed by atoms with Gasteiger partial charge in [-0.05, 0) is 48.2 Å². The summed E-state index contributed by atoms with van der Waals surface area (Å²) >= 11 is -0.276. The fourth-order valence-electron chi connectivity index (χ4n) is 3.00. The minimum absolute atomic E-state index is 0.0209. The van der Waals surface area contributed by atoms with E-state index in [-0.39, 0.29) is 59.0 Å². The van der Waals surface area contributed by atoms with Crippen molar-refractivity contribution >= 4 is 33.4 Å². The SMILES string of the molecule is O=C(c1ccc(SC(F)(F)F)cc1)N1CCN(S(=O)(=O)c2ccc([N+](=O)[O-])cc2)CC1. The van der Waals surface area contributed by atoms with Gasteiger partial charge in [-0.1, -0.05) is 0 Å². The van der Waals surface area contributed by atoms with Crippen molar-refractivity contribution in [2.75, 3.05) is 26.2 Å². The molecule has 0 aromatic heterocycles. The number of nitrogens with zero attached hydrogens (tertiary/aromatic N) is 3. The molecule has 1 saturated heterocycles. The summed E-state index contributed by atoms with van der Waals surface area (Å²) in [6.45, 7) is 0.244. The second kappa shape index (κ2) is 8.85. The Morgan fingerprint density at radius 1 is 0.968 bits per heavy atom. The van der Waals surface area contributed by atoms with Crippen LogP contribution in [0, 0.1) is 10.1 Å². The van der Waals surface area contributed by atoms with E-state index in [0.717, 1.165) is 24.3 Å². The van der Waals surface area contributed by atoms with Gasteiger partial charge in [0.1, 0.15) is 0 Å². The molecule has 1 fully saturated rings. The third kappa shape index (κ3) is 5.54. The minimum atomic E-state index is -4.42. The molecule has 1 aliphatic rings. The molecule has 0 saturated carbocycles. The maximum absolute atomic E-state index is 12.7. The molecular weight excluding hydrogens is 459 g/mol. The van der Waals surface area contributed by atoms with Crippen LogP contribution in [-0.2, 0) is 10.0 Å². The number of halogens is 3. The molecule has 8 nitrogen and oxygen atoms in total. The number of carbonyl (C=O) groups is 1. The molecule has 1 amide bonds. The van der Waals surface area contributed by atoms with Gasteiger partial charge in [0.2, 0.25) is 10.0 Å². The molecule has 166 valence electrons. The lowest BCUT2D eigenvalue weighted by atomic mass is 10.2. The van der Waals surface area contributed by atoms with Crippen LogP contribution in [0.3, 0.4) is 0 Å². The number of nitro groups is 1. The first-order chi connectivity index (χ1) is 14.5. The van der Waals surface area contributed by atoms with E-state index in [9.17, 15) is 36.5 Å². The van der Waals surface area contributed by atoms with Crippen molar-refractivity contribution in [3.05, 3.63) is 64.2 Å². The highest BCUT2D eigenvalue weighted by molar-refractivity contribution is 8.00. The average Bonchev–Trinajstić information content (AvgIpc) is 2.73. The number of piperazine rings is 1. The highest BCUT2D eigenvalue weighted by atomic mass is 32.2. The van der Waals surface area contributed by atoms with Gasteiger partial charge in [-0.25, -0.2) is 8.42 Å². The zero-order valence-corrected chi connectivity index (χ0v) is 17.4. The fraction of sp³-hybridized carbons (Fsp3) is 0.278. The molecule has 0 atom stereocenters. The third-order valence-electron chi connectivity index (χ3n) is 4.55. The topological polar surface area (TPSA) is 101 Å². The first-order valence-electron chi connectivity index (χ1n) is 8.87. The number of sulfonamides is 1. The van der Waals surface area contributed by atoms with E-state index in [1.54, 1.807) is 0 Å². The lowest BCUT2D eigenvalue weighted by Gasteiger charge is -2.34. The van der Waals surface area contributed by atoms with Gasteiger partial charge < -0.3 is 4.90 Å². The molecular formula is C18H16F3N3O5S2. The lowest BCUT2D eigenvalue weighted by Crippen LogP contribution is -2.50. The van der Waals surface area contributed by atoms with Gasteiger partial charge in [-0.15, -0.1) is 0 Å². The minimum Gasteiger partial charge on any atom is -0.336 e. The summed E-state index contributed by atoms with van der Waals surface area (Å²) in [5.41, 5.74) is -4.44. The van der Waals surface area contributed by atoms with Crippen LogP contribution in [0.4, 0.5) is 18.9 Å². The van der Waals surface area contributed by atoms with Gasteiger partial charge >= 0.3 is 5.51 Å². The zero-order valence-electron chi connectivity index (χ0n) is 15.8. The van der Waals surface area contributed by atoms with Gasteiger partial charge in [0.15, 0.2) is 0 Å². The predicted octanol–water partition coefficient (Wildman–Crippen LogP) is 3.35. The molecule has 0 unspecified atom stereocenters. The van der Waals surface area contributed by atoms with Crippen molar-refractivity contribution in [2.24, 2.45) is 0 Å². The van der Waals surface area contributed by atoms with E-state index in [4.69, 9.17) is 0 Å². The van der Waals surface area contributed by atoms with Crippen LogP contribution in [0.25, 0.3) is 0 Å². The van der Waals surface area contributed by atoms with Crippen LogP contribution in [0.1, 0.15) is 10.4 Å². The molecule has 1 aliphatic heterocycles. The molecule has 2 aromatic rings. The molecule has 0 radical (unpaired) electrons. The lowest BCUT2D eigenvalue weighted by molar-refractivity contribution is -0.384. The molecule has 0 spiro atoms. The quantitative estimate of drug-likeness (QED) is 0.374. The molecule has 1 heterocycles. The summed E-state index contributed by atoms with van der Waals surface area (Å²) in [6, 6.07) is 9.55. The molecule has 3 rings (SSSR count). The highest BCUT2D eigenvalue weighted by Gasteiger charge is 2.31. The number of hydrogen-bond acceptors (Lipinski definition) is 6. The predicted molar refractivity (Wildman–Crippen MR) is 106 cm³/mol. The summed E-state index contributed by atoms with van der Waals surface area (Å²) in [5.74, 6) is -0.407. The number of benzene rings is 2. The van der Waals surface area contributed by atoms with E-state index in [1.807, 2.05) is 0 Å². The van der Waals surface area contributed by atoms with Gasteiger partial charge in [-0.3, -0.25) is 14.9 Å². The number of amides is 1. The number of nitro benzene ring substituents is 1. The van der Waals surface area contributed by atoms with Crippen LogP contribution in [0.2, 0.25) is 0 Å². The summed E-state index contributed by atoms with van der Waals surface area (Å²) in [5, 5.41) is 10.7. The molecule has 0 bridgehead atoms. The summed E-state index contributed by atoms with van der Waals surface area (Å²) in [7, 11) is -3.88. The standard InChI is InChI=1S/C18H16F3N3O5S2/c19-18(20,21)30-15-5-1-13(2-6-15)17(25)22-9-11-23(12-10-22)31(28,29)16-7-3-14(4-8-16)24(26)27/h1-8H,9-12H2. The first-order valence-corrected chi connectivity index (χ1v) is 11.1. The zero-order chi connectivity index (χ0) is 22.8. The molecule has 2 aromatic carbocycles. The van der Waals surface area contributed by atoms with Gasteiger partial charge in [0.25, 0.3) is 11.6 Å². The van der Waals surface area contributed by atoms with Gasteiger partial charge in [-0.2, -0.15) is 17.5 Å². The third-order valence-corrected chi connectivity index (χ3v) is 7.20. The number of carbonyl (C=O) groups excluding carboxylic acids is 1. The first kappa shape index (κ1) is 23.0. The average molecular weight is 475 g/mol. The molecule has 0 N–H and O–H groups in total. The van der Waals surface area contributed by atoms with Crippen LogP contribution >= 0.6 is 11.8 Å². The second-order valence-corrected chi connectivity index (χ2v) is 9.60. The maximum atomic E-state index is 12.7. The van der Waals surface area contributed by atoms with E-state index in [2.05, 4.69) is 0 Å². The van der Waals surface area contributed by atoms with Crippen molar-refractivity contribution in [1.82, 2.24) is 9.21 Å². The van der Waals surface area contributed by atoms with E-state index in [0.29, 0.717) is 0 Å². The summed E-state index contributed by atoms with van der Waals surface area (Å²) in [4.78, 5) is 24.0. The normalized spacial score (nSPS) is 15.6. The van der Waals surface area contributed by atoms with Gasteiger partial charge in [0, 0.05) is 48.8 Å². The van der Waals surface area contributed by atoms with Crippen molar-refractivity contribution in [3.63, 3.8) is 0 Å². The summed E-state index contributed by atoms with van der Waals surface area (Å²) < 4.78 is 63.8. The Balaban J connectivity index is 1.63. The Hall–Kier alpha value is -2.64. The number of hydrogen-bond donors (Lipinski definition) is 0. The number of alkyl halides is 3. The van der Waals surface area contributed by atoms with E-state index < -0.39 is 26.4 Å². The Morgan fingerprint density at radius 2 is 1.52 bits per heavy atom. The van der Waals surface area contributed by atoms with Crippen molar-refractivity contribution in [3.8, 4) is 0 Å². The number of thioether (sulfide) groups is 1. The van der Waals surface area contributed by atoms with Crippen LogP contribution in [-0.4, -0.2) is 60.1 Å². The van der Waals surface area contributed by atoms with E-state index >= 15 is 0 Å². The number of rotatable bonds is 5. The molecule has 13 heteroatoms. The van der Waals surface area contributed by atoms with Crippen molar-refractivity contribution in [1.29, 1.82) is 0 Å². The Bertz CT molecular complexity index is 1070. The fourth-order valence-corrected chi connectivity index (χ4v) is 4.96. The Labute approximate surface area is 179 Å². The van der Waals surface area contributed by atoms with E-state index in [1.165, 1.54) is 33.5 Å². The number of non-ortho nitro benzene ring substituents is 1. The smallest absolute Gasteiger partial charge is 0.336 e. The van der Waals surface area contributed by atoms with Crippen molar-refractivity contribution < 1.29 is 31.3 Å². The van der Waals surface area contributed by atoms with Gasteiger partial charge in [0.05, 0.1) is 9.82 Å². The Kier molecular flexibility index (Phi) is 6.57. The van der Waals surface area contributed by atoms with Crippen molar-refractivity contribution in [2.45, 2.75) is 15.3 Å². The maximum Gasteiger partial charge on any atom is 0.446 e. The largest absolute Gasteiger partial charge is 0.446 e. The summed E-state index contributed by atoms with van der Waals surface area (Å²) in [6.07, 6.45) is 0. The Morgan fingerprint density at radius 3 is 2.00 bits per heavy atom. The van der Waals surface area contributed by atoms with Crippen LogP contribution < -0.4 is 0 Å².